The van der Waals surface area contributed by atoms with Gasteiger partial charge >= 0.3 is 0 Å². The Bertz CT molecular complexity index is 784. The quantitative estimate of drug-likeness (QED) is 0.853. The number of aryl methyl sites for hydroxylation is 2. The Hall–Kier alpha value is -2.18. The fourth-order valence-electron chi connectivity index (χ4n) is 2.11. The molecule has 1 amide bonds. The highest BCUT2D eigenvalue weighted by atomic mass is 32.2. The van der Waals surface area contributed by atoms with E-state index < -0.39 is 15.9 Å². The predicted octanol–water partition coefficient (Wildman–Crippen LogP) is 2.47. The first-order valence-electron chi connectivity index (χ1n) is 7.36. The maximum atomic E-state index is 12.1. The minimum atomic E-state index is -3.69. The molecule has 0 saturated heterocycles. The van der Waals surface area contributed by atoms with Crippen LogP contribution >= 0.6 is 0 Å². The lowest BCUT2D eigenvalue weighted by Gasteiger charge is -2.10. The molecule has 0 fully saturated rings. The maximum absolute atomic E-state index is 12.1. The molecule has 122 valence electrons. The molecule has 0 aliphatic rings. The summed E-state index contributed by atoms with van der Waals surface area (Å²) in [6, 6.07) is 13.9. The van der Waals surface area contributed by atoms with E-state index in [-0.39, 0.29) is 11.4 Å². The highest BCUT2D eigenvalue weighted by molar-refractivity contribution is 7.89. The molecular weight excluding hydrogens is 312 g/mol. The van der Waals surface area contributed by atoms with Crippen molar-refractivity contribution < 1.29 is 13.2 Å². The Balaban J connectivity index is 2.00. The number of carbonyl (C=O) groups excluding carboxylic acids is 1. The van der Waals surface area contributed by atoms with E-state index in [9.17, 15) is 13.2 Å². The molecule has 0 spiro atoms. The van der Waals surface area contributed by atoms with E-state index in [0.29, 0.717) is 5.69 Å². The highest BCUT2D eigenvalue weighted by Gasteiger charge is 2.15. The van der Waals surface area contributed by atoms with Crippen LogP contribution in [0.5, 0.6) is 0 Å². The molecule has 0 heterocycles. The first kappa shape index (κ1) is 17.2. The lowest BCUT2D eigenvalue weighted by Crippen LogP contribution is -2.33. The number of benzene rings is 2. The zero-order chi connectivity index (χ0) is 16.9. The average Bonchev–Trinajstić information content (AvgIpc) is 2.54. The standard InChI is InChI=1S/C17H20N2O3S/c1-3-14-6-4-5-7-16(14)19-17(20)12-18-23(21,22)15-10-8-13(2)9-11-15/h4-11,18H,3,12H2,1-2H3,(H,19,20). The van der Waals surface area contributed by atoms with Crippen molar-refractivity contribution >= 4 is 21.6 Å². The maximum Gasteiger partial charge on any atom is 0.241 e. The van der Waals surface area contributed by atoms with Crippen LogP contribution in [0.3, 0.4) is 0 Å². The summed E-state index contributed by atoms with van der Waals surface area (Å²) in [4.78, 5) is 12.1. The molecule has 5 nitrogen and oxygen atoms in total. The van der Waals surface area contributed by atoms with Gasteiger partial charge in [-0.3, -0.25) is 4.79 Å². The van der Waals surface area contributed by atoms with Crippen LogP contribution in [0.25, 0.3) is 0 Å². The van der Waals surface area contributed by atoms with Crippen molar-refractivity contribution in [2.24, 2.45) is 0 Å². The normalized spacial score (nSPS) is 11.2. The Morgan fingerprint density at radius 3 is 2.35 bits per heavy atom. The van der Waals surface area contributed by atoms with E-state index in [1.807, 2.05) is 32.0 Å². The van der Waals surface area contributed by atoms with Gasteiger partial charge in [0.2, 0.25) is 15.9 Å². The summed E-state index contributed by atoms with van der Waals surface area (Å²) >= 11 is 0. The Labute approximate surface area is 136 Å². The Kier molecular flexibility index (Phi) is 5.52. The van der Waals surface area contributed by atoms with Gasteiger partial charge in [-0.15, -0.1) is 0 Å². The van der Waals surface area contributed by atoms with Gasteiger partial charge in [0, 0.05) is 5.69 Å². The molecular formula is C17H20N2O3S. The highest BCUT2D eigenvalue weighted by Crippen LogP contribution is 2.15. The van der Waals surface area contributed by atoms with Crippen molar-refractivity contribution in [1.29, 1.82) is 0 Å². The van der Waals surface area contributed by atoms with Crippen LogP contribution < -0.4 is 10.0 Å². The number of nitrogens with one attached hydrogen (secondary N) is 2. The zero-order valence-electron chi connectivity index (χ0n) is 13.2. The van der Waals surface area contributed by atoms with Crippen molar-refractivity contribution in [2.45, 2.75) is 25.2 Å². The molecule has 2 aromatic rings. The van der Waals surface area contributed by atoms with Crippen LogP contribution in [0.15, 0.2) is 53.4 Å². The van der Waals surface area contributed by atoms with E-state index in [1.54, 1.807) is 18.2 Å². The number of sulfonamides is 1. The van der Waals surface area contributed by atoms with Crippen molar-refractivity contribution in [3.8, 4) is 0 Å². The molecule has 2 rings (SSSR count). The predicted molar refractivity (Wildman–Crippen MR) is 90.8 cm³/mol. The van der Waals surface area contributed by atoms with Gasteiger partial charge in [-0.1, -0.05) is 42.8 Å². The number of hydrogen-bond acceptors (Lipinski definition) is 3. The minimum Gasteiger partial charge on any atom is -0.325 e. The van der Waals surface area contributed by atoms with Gasteiger partial charge in [-0.2, -0.15) is 0 Å². The number of amides is 1. The van der Waals surface area contributed by atoms with Gasteiger partial charge in [0.15, 0.2) is 0 Å². The van der Waals surface area contributed by atoms with Crippen LogP contribution in [-0.2, 0) is 21.2 Å². The second-order valence-electron chi connectivity index (χ2n) is 5.20. The van der Waals surface area contributed by atoms with E-state index in [2.05, 4.69) is 10.0 Å². The lowest BCUT2D eigenvalue weighted by atomic mass is 10.1. The molecule has 0 unspecified atom stereocenters. The smallest absolute Gasteiger partial charge is 0.241 e. The van der Waals surface area contributed by atoms with Crippen molar-refractivity contribution in [1.82, 2.24) is 4.72 Å². The number of anilines is 1. The number of carbonyl (C=O) groups is 1. The monoisotopic (exact) mass is 332 g/mol. The molecule has 0 aromatic heterocycles. The Morgan fingerprint density at radius 2 is 1.70 bits per heavy atom. The summed E-state index contributed by atoms with van der Waals surface area (Å²) < 4.78 is 26.6. The number of rotatable bonds is 6. The van der Waals surface area contributed by atoms with Crippen molar-refractivity contribution in [3.63, 3.8) is 0 Å². The SMILES string of the molecule is CCc1ccccc1NC(=O)CNS(=O)(=O)c1ccc(C)cc1. The van der Waals surface area contributed by atoms with Crippen LogP contribution in [0.4, 0.5) is 5.69 Å². The summed E-state index contributed by atoms with van der Waals surface area (Å²) in [5, 5.41) is 2.73. The van der Waals surface area contributed by atoms with Gasteiger partial charge in [-0.05, 0) is 37.1 Å². The van der Waals surface area contributed by atoms with Crippen LogP contribution in [-0.4, -0.2) is 20.9 Å². The fraction of sp³-hybridized carbons (Fsp3) is 0.235. The molecule has 6 heteroatoms. The summed E-state index contributed by atoms with van der Waals surface area (Å²) in [6.07, 6.45) is 0.783. The van der Waals surface area contributed by atoms with Gasteiger partial charge in [0.05, 0.1) is 11.4 Å². The largest absolute Gasteiger partial charge is 0.325 e. The van der Waals surface area contributed by atoms with Crippen molar-refractivity contribution in [3.05, 3.63) is 59.7 Å². The summed E-state index contributed by atoms with van der Waals surface area (Å²) in [6.45, 7) is 3.56. The van der Waals surface area contributed by atoms with E-state index in [1.165, 1.54) is 12.1 Å². The summed E-state index contributed by atoms with van der Waals surface area (Å²) in [7, 11) is -3.69. The molecule has 23 heavy (non-hydrogen) atoms. The van der Waals surface area contributed by atoms with Crippen molar-refractivity contribution in [2.75, 3.05) is 11.9 Å². The molecule has 0 radical (unpaired) electrons. The van der Waals surface area contributed by atoms with Crippen LogP contribution in [0.2, 0.25) is 0 Å². The second kappa shape index (κ2) is 7.39. The second-order valence-corrected chi connectivity index (χ2v) is 6.96. The topological polar surface area (TPSA) is 75.3 Å². The van der Waals surface area contributed by atoms with Crippen LogP contribution in [0.1, 0.15) is 18.1 Å². The van der Waals surface area contributed by atoms with Gasteiger partial charge in [-0.25, -0.2) is 13.1 Å². The molecule has 0 aliphatic carbocycles. The fourth-order valence-corrected chi connectivity index (χ4v) is 3.09. The van der Waals surface area contributed by atoms with Gasteiger partial charge < -0.3 is 5.32 Å². The minimum absolute atomic E-state index is 0.143. The first-order chi connectivity index (χ1) is 10.9. The lowest BCUT2D eigenvalue weighted by molar-refractivity contribution is -0.115. The molecule has 0 saturated carbocycles. The first-order valence-corrected chi connectivity index (χ1v) is 8.85. The van der Waals surface area contributed by atoms with Gasteiger partial charge in [0.25, 0.3) is 0 Å². The molecule has 0 bridgehead atoms. The third-order valence-electron chi connectivity index (χ3n) is 3.43. The Morgan fingerprint density at radius 1 is 1.04 bits per heavy atom. The molecule has 2 N–H and O–H groups in total. The van der Waals surface area contributed by atoms with E-state index >= 15 is 0 Å². The molecule has 2 aromatic carbocycles. The third-order valence-corrected chi connectivity index (χ3v) is 4.84. The van der Waals surface area contributed by atoms with E-state index in [4.69, 9.17) is 0 Å². The van der Waals surface area contributed by atoms with Gasteiger partial charge in [0.1, 0.15) is 0 Å². The van der Waals surface area contributed by atoms with Crippen LogP contribution in [0, 0.1) is 6.92 Å². The molecule has 0 aliphatic heterocycles. The summed E-state index contributed by atoms with van der Waals surface area (Å²) in [5.41, 5.74) is 2.68. The average molecular weight is 332 g/mol. The third kappa shape index (κ3) is 4.64. The number of hydrogen-bond donors (Lipinski definition) is 2. The number of para-hydroxylation sites is 1. The zero-order valence-corrected chi connectivity index (χ0v) is 14.0. The summed E-state index contributed by atoms with van der Waals surface area (Å²) in [5.74, 6) is -0.401. The van der Waals surface area contributed by atoms with E-state index in [0.717, 1.165) is 17.5 Å². The molecule has 0 atom stereocenters.